The van der Waals surface area contributed by atoms with Crippen molar-refractivity contribution < 1.29 is 48.0 Å². The van der Waals surface area contributed by atoms with E-state index in [-0.39, 0.29) is 50.3 Å². The van der Waals surface area contributed by atoms with Crippen LogP contribution < -0.4 is 10.6 Å². The Kier molecular flexibility index (Phi) is 12.4. The molecule has 12 heteroatoms. The van der Waals surface area contributed by atoms with Gasteiger partial charge in [0.25, 0.3) is 0 Å². The van der Waals surface area contributed by atoms with Crippen LogP contribution in [0.1, 0.15) is 126 Å². The van der Waals surface area contributed by atoms with Crippen molar-refractivity contribution >= 4 is 29.8 Å². The molecule has 2 saturated carbocycles. The van der Waals surface area contributed by atoms with Gasteiger partial charge >= 0.3 is 11.9 Å². The number of carbonyl (C=O) groups excluding carboxylic acids is 4. The fraction of sp³-hybridized carbons (Fsp3) is 0.600. The number of allylic oxidation sites excluding steroid dienone is 1. The molecule has 6 aliphatic rings. The van der Waals surface area contributed by atoms with Crippen molar-refractivity contribution in [3.63, 3.8) is 0 Å². The zero-order valence-electron chi connectivity index (χ0n) is 37.1. The van der Waals surface area contributed by atoms with Gasteiger partial charge in [-0.25, -0.2) is 4.79 Å². The summed E-state index contributed by atoms with van der Waals surface area (Å²) in [5, 5.41) is 15.4. The number of carbonyl (C=O) groups is 4. The fourth-order valence-corrected chi connectivity index (χ4v) is 10.6. The van der Waals surface area contributed by atoms with Crippen molar-refractivity contribution in [2.24, 2.45) is 17.3 Å². The van der Waals surface area contributed by atoms with Gasteiger partial charge in [-0.3, -0.25) is 14.4 Å². The molecule has 3 N–H and O–H groups in total. The molecule has 62 heavy (non-hydrogen) atoms. The van der Waals surface area contributed by atoms with Gasteiger partial charge in [0.15, 0.2) is 5.79 Å². The van der Waals surface area contributed by atoms with Crippen LogP contribution in [0.15, 0.2) is 65.8 Å². The second-order valence-corrected chi connectivity index (χ2v) is 20.4. The van der Waals surface area contributed by atoms with Crippen molar-refractivity contribution in [2.45, 2.75) is 160 Å². The van der Waals surface area contributed by atoms with Crippen LogP contribution in [0.25, 0.3) is 6.08 Å². The molecule has 0 bridgehead atoms. The van der Waals surface area contributed by atoms with Crippen LogP contribution in [0.5, 0.6) is 0 Å². The second-order valence-electron chi connectivity index (χ2n) is 20.4. The SMILES string of the molecule is CC(C)(C)OC(=O)CC[C@@H](CO)NC(=O)CCNC(=O)C1=C[C@H]2OC3(Cc4ccccc4C3)O[C@H]2[C@H](OC(=O)c2ccc(C=C3CCC4O[C@]4(C)CC[C@@H]4[C@@H]3CC4(C)C)cc2)C1. The van der Waals surface area contributed by atoms with Crippen molar-refractivity contribution in [2.75, 3.05) is 13.2 Å². The van der Waals surface area contributed by atoms with Gasteiger partial charge in [0.1, 0.15) is 23.9 Å². The summed E-state index contributed by atoms with van der Waals surface area (Å²) in [5.41, 5.74) is 5.29. The number of fused-ring (bicyclic) bond motifs is 4. The minimum atomic E-state index is -0.943. The number of benzene rings is 2. The number of amides is 2. The van der Waals surface area contributed by atoms with E-state index in [4.69, 9.17) is 23.7 Å². The zero-order valence-corrected chi connectivity index (χ0v) is 37.1. The highest BCUT2D eigenvalue weighted by molar-refractivity contribution is 5.94. The minimum Gasteiger partial charge on any atom is -0.460 e. The molecular weight excluding hydrogens is 789 g/mol. The van der Waals surface area contributed by atoms with Crippen LogP contribution >= 0.6 is 0 Å². The van der Waals surface area contributed by atoms with E-state index >= 15 is 0 Å². The molecule has 12 nitrogen and oxygen atoms in total. The average molecular weight is 853 g/mol. The maximum atomic E-state index is 13.9. The van der Waals surface area contributed by atoms with E-state index in [2.05, 4.69) is 49.6 Å². The third-order valence-corrected chi connectivity index (χ3v) is 14.0. The number of ether oxygens (including phenoxy) is 5. The summed E-state index contributed by atoms with van der Waals surface area (Å²) in [6.45, 7) is 12.1. The van der Waals surface area contributed by atoms with Crippen molar-refractivity contribution in [1.29, 1.82) is 0 Å². The average Bonchev–Trinajstić information content (AvgIpc) is 3.50. The predicted molar refractivity (Wildman–Crippen MR) is 231 cm³/mol. The number of nitrogens with one attached hydrogen (secondary N) is 2. The van der Waals surface area contributed by atoms with Gasteiger partial charge < -0.3 is 39.4 Å². The van der Waals surface area contributed by atoms with Gasteiger partial charge in [-0.15, -0.1) is 0 Å². The molecule has 8 atom stereocenters. The number of epoxide rings is 1. The van der Waals surface area contributed by atoms with E-state index in [0.717, 1.165) is 36.0 Å². The Morgan fingerprint density at radius 3 is 2.35 bits per heavy atom. The largest absolute Gasteiger partial charge is 0.460 e. The fourth-order valence-electron chi connectivity index (χ4n) is 10.6. The molecule has 334 valence electrons. The molecule has 2 heterocycles. The number of hydrogen-bond donors (Lipinski definition) is 3. The smallest absolute Gasteiger partial charge is 0.338 e. The second kappa shape index (κ2) is 17.3. The molecule has 2 aromatic carbocycles. The standard InChI is InChI=1S/C50H64N2O10/c1-47(2,3)61-43(55)18-16-36(29-53)52-42(54)20-22-51-45(56)35-24-39(44-40(25-35)59-50(62-44)26-33-9-7-8-10-34(33)27-50)58-46(57)31-13-11-30(12-14-31)23-32-15-17-41-49(6,60-41)21-19-38-37(32)28-48(38,4)5/h7-14,23,25,36-41,44,53H,15-22,24,26-29H2,1-6H3,(H,51,56)(H,52,54)/t36-,37+,38+,39+,40+,41?,44-,49+/m0/s1. The maximum Gasteiger partial charge on any atom is 0.338 e. The number of rotatable bonds is 12. The van der Waals surface area contributed by atoms with Gasteiger partial charge in [0.2, 0.25) is 11.8 Å². The monoisotopic (exact) mass is 852 g/mol. The lowest BCUT2D eigenvalue weighted by Crippen LogP contribution is -2.45. The number of aliphatic hydroxyl groups excluding tert-OH is 1. The van der Waals surface area contributed by atoms with E-state index in [1.807, 2.05) is 36.4 Å². The van der Waals surface area contributed by atoms with Crippen molar-refractivity contribution in [3.05, 3.63) is 88.0 Å². The predicted octanol–water partition coefficient (Wildman–Crippen LogP) is 6.70. The number of aliphatic hydroxyl groups is 1. The zero-order chi connectivity index (χ0) is 44.0. The van der Waals surface area contributed by atoms with Gasteiger partial charge in [-0.05, 0) is 118 Å². The molecule has 2 saturated heterocycles. The summed E-state index contributed by atoms with van der Waals surface area (Å²) < 4.78 is 31.0. The molecule has 1 spiro atoms. The third kappa shape index (κ3) is 9.88. The van der Waals surface area contributed by atoms with Crippen molar-refractivity contribution in [3.8, 4) is 0 Å². The Labute approximate surface area is 365 Å². The van der Waals surface area contributed by atoms with E-state index in [0.29, 0.717) is 47.3 Å². The Morgan fingerprint density at radius 1 is 0.952 bits per heavy atom. The Morgan fingerprint density at radius 2 is 1.68 bits per heavy atom. The number of hydrogen-bond acceptors (Lipinski definition) is 10. The van der Waals surface area contributed by atoms with E-state index in [1.165, 1.54) is 18.4 Å². The Balaban J connectivity index is 0.911. The normalized spacial score (nSPS) is 30.1. The molecular formula is C50H64N2O10. The molecule has 4 fully saturated rings. The molecule has 0 radical (unpaired) electrons. The van der Waals surface area contributed by atoms with Crippen LogP contribution in [-0.2, 0) is 50.9 Å². The first-order valence-corrected chi connectivity index (χ1v) is 22.6. The van der Waals surface area contributed by atoms with Crippen LogP contribution in [-0.4, -0.2) is 89.5 Å². The first kappa shape index (κ1) is 44.3. The van der Waals surface area contributed by atoms with Crippen LogP contribution in [0.3, 0.4) is 0 Å². The van der Waals surface area contributed by atoms with E-state index in [9.17, 15) is 24.3 Å². The molecule has 8 rings (SSSR count). The molecule has 2 aromatic rings. The highest BCUT2D eigenvalue weighted by Crippen LogP contribution is 2.60. The lowest BCUT2D eigenvalue weighted by Gasteiger charge is -2.53. The quantitative estimate of drug-likeness (QED) is 0.155. The first-order valence-electron chi connectivity index (χ1n) is 22.6. The maximum absolute atomic E-state index is 13.9. The summed E-state index contributed by atoms with van der Waals surface area (Å²) in [6, 6.07) is 15.0. The Hall–Kier alpha value is -4.36. The molecule has 4 aliphatic carbocycles. The highest BCUT2D eigenvalue weighted by atomic mass is 16.8. The third-order valence-electron chi connectivity index (χ3n) is 14.0. The minimum absolute atomic E-state index is 0.0246. The van der Waals surface area contributed by atoms with Gasteiger partial charge in [-0.1, -0.05) is 61.9 Å². The summed E-state index contributed by atoms with van der Waals surface area (Å²) in [5.74, 6) is -1.45. The Bertz CT molecular complexity index is 2080. The van der Waals surface area contributed by atoms with Crippen LogP contribution in [0.4, 0.5) is 0 Å². The van der Waals surface area contributed by atoms with Crippen LogP contribution in [0.2, 0.25) is 0 Å². The highest BCUT2D eigenvalue weighted by Gasteiger charge is 2.57. The lowest BCUT2D eigenvalue weighted by atomic mass is 9.52. The summed E-state index contributed by atoms with van der Waals surface area (Å²) in [4.78, 5) is 52.5. The van der Waals surface area contributed by atoms with Gasteiger partial charge in [0, 0.05) is 44.2 Å². The summed E-state index contributed by atoms with van der Waals surface area (Å²) in [6.07, 6.45) is 9.24. The molecule has 0 aromatic heterocycles. The molecule has 2 amide bonds. The van der Waals surface area contributed by atoms with E-state index in [1.54, 1.807) is 26.8 Å². The van der Waals surface area contributed by atoms with E-state index < -0.39 is 53.6 Å². The lowest BCUT2D eigenvalue weighted by molar-refractivity contribution is -0.172. The first-order chi connectivity index (χ1) is 29.4. The summed E-state index contributed by atoms with van der Waals surface area (Å²) >= 11 is 0. The molecule has 2 aliphatic heterocycles. The topological polar surface area (TPSA) is 162 Å². The van der Waals surface area contributed by atoms with Gasteiger partial charge in [-0.2, -0.15) is 0 Å². The summed E-state index contributed by atoms with van der Waals surface area (Å²) in [7, 11) is 0. The van der Waals surface area contributed by atoms with Crippen LogP contribution in [0, 0.1) is 17.3 Å². The van der Waals surface area contributed by atoms with Gasteiger partial charge in [0.05, 0.1) is 29.9 Å². The van der Waals surface area contributed by atoms with Crippen molar-refractivity contribution in [1.82, 2.24) is 10.6 Å². The number of esters is 2. The molecule has 1 unspecified atom stereocenters.